The number of hydrogen-bond acceptors (Lipinski definition) is 8. The molecular formula is C21H28N4O5S. The predicted molar refractivity (Wildman–Crippen MR) is 119 cm³/mol. The van der Waals surface area contributed by atoms with Gasteiger partial charge in [-0.05, 0) is 25.1 Å². The summed E-state index contributed by atoms with van der Waals surface area (Å²) in [7, 11) is 1.55. The molecule has 1 aliphatic heterocycles. The minimum absolute atomic E-state index is 0.0511. The minimum atomic E-state index is -0.344. The molecule has 1 amide bonds. The third-order valence-electron chi connectivity index (χ3n) is 4.83. The number of benzene rings is 1. The van der Waals surface area contributed by atoms with Gasteiger partial charge in [-0.3, -0.25) is 9.59 Å². The van der Waals surface area contributed by atoms with Crippen molar-refractivity contribution in [3.05, 3.63) is 34.2 Å². The first-order chi connectivity index (χ1) is 15.1. The Morgan fingerprint density at radius 3 is 2.71 bits per heavy atom. The van der Waals surface area contributed by atoms with E-state index in [0.717, 1.165) is 24.6 Å². The summed E-state index contributed by atoms with van der Waals surface area (Å²) < 4.78 is 16.3. The van der Waals surface area contributed by atoms with Gasteiger partial charge in [-0.25, -0.2) is 0 Å². The Labute approximate surface area is 185 Å². The van der Waals surface area contributed by atoms with Crippen LogP contribution in [0.15, 0.2) is 23.0 Å². The maximum absolute atomic E-state index is 12.5. The van der Waals surface area contributed by atoms with E-state index in [-0.39, 0.29) is 30.0 Å². The fourth-order valence-electron chi connectivity index (χ4n) is 3.14. The van der Waals surface area contributed by atoms with Crippen LogP contribution in [-0.2, 0) is 16.0 Å². The van der Waals surface area contributed by atoms with Crippen LogP contribution in [0.5, 0.6) is 11.5 Å². The first kappa shape index (κ1) is 23.1. The zero-order chi connectivity index (χ0) is 22.1. The van der Waals surface area contributed by atoms with Gasteiger partial charge in [-0.1, -0.05) is 0 Å². The van der Waals surface area contributed by atoms with Crippen LogP contribution in [-0.4, -0.2) is 77.5 Å². The highest BCUT2D eigenvalue weighted by Crippen LogP contribution is 2.31. The molecule has 0 unspecified atom stereocenters. The SMILES string of the molecule is CCOCCOc1ccc(-c2nnc(CCC(=O)N3CCSCC3)c(=O)[nH]2)cc1OC. The topological polar surface area (TPSA) is 107 Å². The van der Waals surface area contributed by atoms with Crippen LogP contribution < -0.4 is 15.0 Å². The van der Waals surface area contributed by atoms with E-state index in [1.54, 1.807) is 25.3 Å². The molecule has 0 aliphatic carbocycles. The van der Waals surface area contributed by atoms with E-state index in [1.807, 2.05) is 23.6 Å². The van der Waals surface area contributed by atoms with Gasteiger partial charge in [-0.2, -0.15) is 11.8 Å². The zero-order valence-corrected chi connectivity index (χ0v) is 18.7. The number of ether oxygens (including phenoxy) is 3. The largest absolute Gasteiger partial charge is 0.493 e. The van der Waals surface area contributed by atoms with Crippen molar-refractivity contribution in [2.75, 3.05) is 51.5 Å². The number of nitrogens with one attached hydrogen (secondary N) is 1. The van der Waals surface area contributed by atoms with Crippen LogP contribution in [0, 0.1) is 0 Å². The first-order valence-corrected chi connectivity index (χ1v) is 11.5. The summed E-state index contributed by atoms with van der Waals surface area (Å²) in [5.74, 6) is 3.39. The summed E-state index contributed by atoms with van der Waals surface area (Å²) in [5, 5.41) is 8.20. The van der Waals surface area contributed by atoms with Crippen LogP contribution in [0.3, 0.4) is 0 Å². The lowest BCUT2D eigenvalue weighted by molar-refractivity contribution is -0.130. The number of carbonyl (C=O) groups excluding carboxylic acids is 1. The molecule has 1 aromatic heterocycles. The third kappa shape index (κ3) is 6.44. The average Bonchev–Trinajstić information content (AvgIpc) is 2.81. The van der Waals surface area contributed by atoms with E-state index in [0.29, 0.717) is 42.7 Å². The van der Waals surface area contributed by atoms with E-state index in [4.69, 9.17) is 14.2 Å². The van der Waals surface area contributed by atoms with Crippen molar-refractivity contribution < 1.29 is 19.0 Å². The zero-order valence-electron chi connectivity index (χ0n) is 17.9. The van der Waals surface area contributed by atoms with Crippen molar-refractivity contribution in [3.8, 4) is 22.9 Å². The van der Waals surface area contributed by atoms with Crippen LogP contribution in [0.1, 0.15) is 19.0 Å². The Morgan fingerprint density at radius 1 is 1.19 bits per heavy atom. The normalized spacial score (nSPS) is 13.8. The maximum atomic E-state index is 12.5. The monoisotopic (exact) mass is 448 g/mol. The number of aromatic nitrogens is 3. The Bertz CT molecular complexity index is 930. The fraction of sp³-hybridized carbons (Fsp3) is 0.524. The third-order valence-corrected chi connectivity index (χ3v) is 5.77. The number of aryl methyl sites for hydroxylation is 1. The molecule has 0 saturated carbocycles. The lowest BCUT2D eigenvalue weighted by Crippen LogP contribution is -2.38. The van der Waals surface area contributed by atoms with Crippen LogP contribution in [0.25, 0.3) is 11.4 Å². The second-order valence-electron chi connectivity index (χ2n) is 6.85. The van der Waals surface area contributed by atoms with Crippen LogP contribution >= 0.6 is 11.8 Å². The molecule has 1 aromatic carbocycles. The van der Waals surface area contributed by atoms with Gasteiger partial charge in [0.25, 0.3) is 5.56 Å². The molecule has 10 heteroatoms. The number of carbonyl (C=O) groups is 1. The summed E-state index contributed by atoms with van der Waals surface area (Å²) in [4.78, 5) is 29.4. The summed E-state index contributed by atoms with van der Waals surface area (Å²) in [6.45, 7) is 4.97. The molecule has 2 heterocycles. The van der Waals surface area contributed by atoms with Crippen molar-refractivity contribution in [3.63, 3.8) is 0 Å². The first-order valence-electron chi connectivity index (χ1n) is 10.3. The molecule has 1 aliphatic rings. The highest BCUT2D eigenvalue weighted by atomic mass is 32.2. The number of H-pyrrole nitrogens is 1. The molecular weight excluding hydrogens is 420 g/mol. The van der Waals surface area contributed by atoms with Gasteiger partial charge < -0.3 is 24.1 Å². The van der Waals surface area contributed by atoms with Gasteiger partial charge in [0, 0.05) is 49.6 Å². The molecule has 3 rings (SSSR count). The number of nitrogens with zero attached hydrogens (tertiary/aromatic N) is 3. The van der Waals surface area contributed by atoms with Crippen LogP contribution in [0.2, 0.25) is 0 Å². The maximum Gasteiger partial charge on any atom is 0.273 e. The summed E-state index contributed by atoms with van der Waals surface area (Å²) in [5.41, 5.74) is 0.557. The number of hydrogen-bond donors (Lipinski definition) is 1. The molecule has 168 valence electrons. The van der Waals surface area contributed by atoms with Crippen molar-refractivity contribution in [1.29, 1.82) is 0 Å². The molecule has 1 N–H and O–H groups in total. The van der Waals surface area contributed by atoms with Gasteiger partial charge in [0.2, 0.25) is 5.91 Å². The second kappa shape index (κ2) is 11.7. The van der Waals surface area contributed by atoms with Crippen molar-refractivity contribution in [2.45, 2.75) is 19.8 Å². The number of aromatic amines is 1. The molecule has 0 bridgehead atoms. The molecule has 0 radical (unpaired) electrons. The molecule has 0 atom stereocenters. The van der Waals surface area contributed by atoms with Gasteiger partial charge in [-0.15, -0.1) is 10.2 Å². The average molecular weight is 449 g/mol. The number of methoxy groups -OCH3 is 1. The Kier molecular flexibility index (Phi) is 8.72. The lowest BCUT2D eigenvalue weighted by Gasteiger charge is -2.26. The second-order valence-corrected chi connectivity index (χ2v) is 8.08. The molecule has 0 spiro atoms. The van der Waals surface area contributed by atoms with E-state index < -0.39 is 0 Å². The Morgan fingerprint density at radius 2 is 2.00 bits per heavy atom. The number of rotatable bonds is 10. The van der Waals surface area contributed by atoms with Crippen molar-refractivity contribution in [1.82, 2.24) is 20.1 Å². The molecule has 31 heavy (non-hydrogen) atoms. The van der Waals surface area contributed by atoms with Gasteiger partial charge >= 0.3 is 0 Å². The van der Waals surface area contributed by atoms with Gasteiger partial charge in [0.1, 0.15) is 12.3 Å². The molecule has 1 fully saturated rings. The molecule has 1 saturated heterocycles. The summed E-state index contributed by atoms with van der Waals surface area (Å²) in [6, 6.07) is 5.26. The Hall–Kier alpha value is -2.59. The minimum Gasteiger partial charge on any atom is -0.493 e. The van der Waals surface area contributed by atoms with E-state index in [1.165, 1.54) is 0 Å². The Balaban J connectivity index is 1.64. The van der Waals surface area contributed by atoms with Gasteiger partial charge in [0.05, 0.1) is 13.7 Å². The van der Waals surface area contributed by atoms with E-state index in [2.05, 4.69) is 15.2 Å². The van der Waals surface area contributed by atoms with E-state index >= 15 is 0 Å². The van der Waals surface area contributed by atoms with Crippen molar-refractivity contribution in [2.24, 2.45) is 0 Å². The summed E-state index contributed by atoms with van der Waals surface area (Å²) in [6.07, 6.45) is 0.518. The molecule has 9 nitrogen and oxygen atoms in total. The summed E-state index contributed by atoms with van der Waals surface area (Å²) >= 11 is 1.85. The number of thioether (sulfide) groups is 1. The fourth-order valence-corrected chi connectivity index (χ4v) is 4.04. The lowest BCUT2D eigenvalue weighted by atomic mass is 10.2. The predicted octanol–water partition coefficient (Wildman–Crippen LogP) is 1.76. The van der Waals surface area contributed by atoms with Gasteiger partial charge in [0.15, 0.2) is 17.3 Å². The highest BCUT2D eigenvalue weighted by Gasteiger charge is 2.18. The number of amides is 1. The quantitative estimate of drug-likeness (QED) is 0.548. The smallest absolute Gasteiger partial charge is 0.273 e. The highest BCUT2D eigenvalue weighted by molar-refractivity contribution is 7.99. The van der Waals surface area contributed by atoms with E-state index in [9.17, 15) is 9.59 Å². The van der Waals surface area contributed by atoms with Crippen LogP contribution in [0.4, 0.5) is 0 Å². The molecule has 2 aromatic rings. The van der Waals surface area contributed by atoms with Crippen molar-refractivity contribution >= 4 is 17.7 Å². The standard InChI is InChI=1S/C21H28N4O5S/c1-3-29-10-11-30-17-6-4-15(14-18(17)28-2)20-22-21(27)16(23-24-20)5-7-19(26)25-8-12-31-13-9-25/h4,6,14H,3,5,7-13H2,1-2H3,(H,22,24,27).